The molecule has 2 heterocycles. The molecule has 0 bridgehead atoms. The highest BCUT2D eigenvalue weighted by atomic mass is 32.1. The van der Waals surface area contributed by atoms with Gasteiger partial charge < -0.3 is 10.2 Å². The number of hydrogen-bond donors (Lipinski definition) is 1. The largest absolute Gasteiger partial charge is 0.378 e. The number of anilines is 1. The molecule has 0 radical (unpaired) electrons. The summed E-state index contributed by atoms with van der Waals surface area (Å²) in [5, 5.41) is 4.27. The zero-order chi connectivity index (χ0) is 20.2. The Hall–Kier alpha value is -2.44. The smallest absolute Gasteiger partial charge is 0.234 e. The van der Waals surface area contributed by atoms with E-state index in [2.05, 4.69) is 57.6 Å². The molecule has 1 aliphatic heterocycles. The Balaban J connectivity index is 1.30. The van der Waals surface area contributed by atoms with Crippen LogP contribution in [-0.2, 0) is 11.3 Å². The number of hydrogen-bond acceptors (Lipinski definition) is 5. The van der Waals surface area contributed by atoms with E-state index in [1.165, 1.54) is 9.71 Å². The van der Waals surface area contributed by atoms with Gasteiger partial charge in [-0.25, -0.2) is 4.98 Å². The Kier molecular flexibility index (Phi) is 6.11. The minimum Gasteiger partial charge on any atom is -0.378 e. The summed E-state index contributed by atoms with van der Waals surface area (Å²) >= 11 is 1.79. The summed E-state index contributed by atoms with van der Waals surface area (Å²) < 4.78 is 1.25. The maximum Gasteiger partial charge on any atom is 0.234 e. The van der Waals surface area contributed by atoms with Crippen LogP contribution in [0.25, 0.3) is 10.2 Å². The maximum atomic E-state index is 12.5. The number of para-hydroxylation sites is 1. The second-order valence-electron chi connectivity index (χ2n) is 7.93. The summed E-state index contributed by atoms with van der Waals surface area (Å²) in [6.45, 7) is 2.91. The van der Waals surface area contributed by atoms with Gasteiger partial charge >= 0.3 is 0 Å². The molecule has 2 aromatic carbocycles. The first-order valence-electron chi connectivity index (χ1n) is 10.2. The standard InChI is InChI=1S/C23H28N4OS/c1-26(2)19-11-9-17(10-12-19)14-24-22(28)16-27-13-5-6-18(15-27)23-25-20-7-3-4-8-21(20)29-23/h3-4,7-12,18H,5-6,13-16H2,1-2H3,(H,24,28)/t18-/m0/s1. The van der Waals surface area contributed by atoms with Crippen LogP contribution in [-0.4, -0.2) is 49.5 Å². The van der Waals surface area contributed by atoms with Gasteiger partial charge in [-0.1, -0.05) is 24.3 Å². The van der Waals surface area contributed by atoms with Gasteiger partial charge in [0.05, 0.1) is 21.8 Å². The molecule has 152 valence electrons. The number of rotatable bonds is 6. The SMILES string of the molecule is CN(C)c1ccc(CNC(=O)CN2CCC[C@H](c3nc4ccccc4s3)C2)cc1. The normalized spacial score (nSPS) is 17.4. The molecule has 3 aromatic rings. The van der Waals surface area contributed by atoms with Crippen molar-refractivity contribution in [1.29, 1.82) is 0 Å². The highest BCUT2D eigenvalue weighted by molar-refractivity contribution is 7.18. The van der Waals surface area contributed by atoms with Gasteiger partial charge in [-0.15, -0.1) is 11.3 Å². The molecule has 1 amide bonds. The quantitative estimate of drug-likeness (QED) is 0.673. The molecule has 5 nitrogen and oxygen atoms in total. The fourth-order valence-corrected chi connectivity index (χ4v) is 4.93. The molecule has 4 rings (SSSR count). The predicted molar refractivity (Wildman–Crippen MR) is 121 cm³/mol. The van der Waals surface area contributed by atoms with E-state index in [0.29, 0.717) is 19.0 Å². The van der Waals surface area contributed by atoms with E-state index in [9.17, 15) is 4.79 Å². The number of piperidine rings is 1. The third kappa shape index (κ3) is 4.95. The molecule has 1 aromatic heterocycles. The van der Waals surface area contributed by atoms with E-state index >= 15 is 0 Å². The number of amides is 1. The fourth-order valence-electron chi connectivity index (χ4n) is 3.84. The molecule has 1 saturated heterocycles. The second-order valence-corrected chi connectivity index (χ2v) is 8.99. The lowest BCUT2D eigenvalue weighted by Crippen LogP contribution is -2.41. The van der Waals surface area contributed by atoms with Crippen molar-refractivity contribution in [2.75, 3.05) is 38.6 Å². The third-order valence-electron chi connectivity index (χ3n) is 5.47. The lowest BCUT2D eigenvalue weighted by molar-refractivity contribution is -0.122. The average molecular weight is 409 g/mol. The molecular weight excluding hydrogens is 380 g/mol. The van der Waals surface area contributed by atoms with Crippen LogP contribution in [0, 0.1) is 0 Å². The van der Waals surface area contributed by atoms with E-state index in [1.54, 1.807) is 11.3 Å². The first-order valence-corrected chi connectivity index (χ1v) is 11.0. The van der Waals surface area contributed by atoms with Crippen LogP contribution in [0.1, 0.15) is 29.3 Å². The molecule has 1 aliphatic rings. The lowest BCUT2D eigenvalue weighted by Gasteiger charge is -2.31. The van der Waals surface area contributed by atoms with E-state index in [4.69, 9.17) is 4.98 Å². The Morgan fingerprint density at radius 1 is 1.21 bits per heavy atom. The Morgan fingerprint density at radius 3 is 2.76 bits per heavy atom. The fraction of sp³-hybridized carbons (Fsp3) is 0.391. The summed E-state index contributed by atoms with van der Waals surface area (Å²) in [6, 6.07) is 16.6. The zero-order valence-electron chi connectivity index (χ0n) is 17.1. The van der Waals surface area contributed by atoms with Gasteiger partial charge in [0.1, 0.15) is 0 Å². The number of aromatic nitrogens is 1. The Morgan fingerprint density at radius 2 is 2.00 bits per heavy atom. The van der Waals surface area contributed by atoms with Gasteiger partial charge in [-0.2, -0.15) is 0 Å². The summed E-state index contributed by atoms with van der Waals surface area (Å²) in [7, 11) is 4.05. The van der Waals surface area contributed by atoms with Crippen LogP contribution < -0.4 is 10.2 Å². The van der Waals surface area contributed by atoms with E-state index in [1.807, 2.05) is 20.2 Å². The summed E-state index contributed by atoms with van der Waals surface area (Å²) in [5.74, 6) is 0.513. The maximum absolute atomic E-state index is 12.5. The number of fused-ring (bicyclic) bond motifs is 1. The van der Waals surface area contributed by atoms with Crippen molar-refractivity contribution >= 4 is 33.1 Å². The molecule has 1 atom stereocenters. The molecule has 29 heavy (non-hydrogen) atoms. The van der Waals surface area contributed by atoms with Gasteiger partial charge in [0.15, 0.2) is 0 Å². The minimum atomic E-state index is 0.0895. The van der Waals surface area contributed by atoms with Gasteiger partial charge in [-0.3, -0.25) is 9.69 Å². The minimum absolute atomic E-state index is 0.0895. The number of likely N-dealkylation sites (tertiary alicyclic amines) is 1. The molecule has 1 fully saturated rings. The van der Waals surface area contributed by atoms with Gasteiger partial charge in [-0.05, 0) is 49.2 Å². The predicted octanol–water partition coefficient (Wildman–Crippen LogP) is 3.86. The second kappa shape index (κ2) is 8.93. The highest BCUT2D eigenvalue weighted by Gasteiger charge is 2.25. The van der Waals surface area contributed by atoms with Crippen LogP contribution in [0.2, 0.25) is 0 Å². The van der Waals surface area contributed by atoms with Crippen LogP contribution in [0.3, 0.4) is 0 Å². The highest BCUT2D eigenvalue weighted by Crippen LogP contribution is 2.32. The lowest BCUT2D eigenvalue weighted by atomic mass is 9.99. The molecule has 0 saturated carbocycles. The molecule has 0 unspecified atom stereocenters. The number of nitrogens with one attached hydrogen (secondary N) is 1. The van der Waals surface area contributed by atoms with Crippen molar-refractivity contribution < 1.29 is 4.79 Å². The monoisotopic (exact) mass is 408 g/mol. The number of benzene rings is 2. The molecular formula is C23H28N4OS. The van der Waals surface area contributed by atoms with Gasteiger partial charge in [0.2, 0.25) is 5.91 Å². The first kappa shape index (κ1) is 19.9. The van der Waals surface area contributed by atoms with Crippen molar-refractivity contribution in [2.45, 2.75) is 25.3 Å². The van der Waals surface area contributed by atoms with Crippen LogP contribution in [0.4, 0.5) is 5.69 Å². The van der Waals surface area contributed by atoms with Gasteiger partial charge in [0, 0.05) is 38.8 Å². The topological polar surface area (TPSA) is 48.5 Å². The van der Waals surface area contributed by atoms with Gasteiger partial charge in [0.25, 0.3) is 0 Å². The molecule has 0 aliphatic carbocycles. The van der Waals surface area contributed by atoms with Crippen molar-refractivity contribution in [1.82, 2.24) is 15.2 Å². The van der Waals surface area contributed by atoms with Crippen molar-refractivity contribution in [3.8, 4) is 0 Å². The molecule has 6 heteroatoms. The Labute approximate surface area is 176 Å². The van der Waals surface area contributed by atoms with Crippen LogP contribution in [0.5, 0.6) is 0 Å². The van der Waals surface area contributed by atoms with Crippen molar-refractivity contribution in [2.24, 2.45) is 0 Å². The van der Waals surface area contributed by atoms with Crippen molar-refractivity contribution in [3.05, 3.63) is 59.1 Å². The molecule has 0 spiro atoms. The number of nitrogens with zero attached hydrogens (tertiary/aromatic N) is 3. The summed E-state index contributed by atoms with van der Waals surface area (Å²) in [6.07, 6.45) is 2.26. The third-order valence-corrected chi connectivity index (χ3v) is 6.67. The van der Waals surface area contributed by atoms with Crippen LogP contribution >= 0.6 is 11.3 Å². The first-order chi connectivity index (χ1) is 14.1. The van der Waals surface area contributed by atoms with E-state index in [-0.39, 0.29) is 5.91 Å². The number of thiazole rings is 1. The average Bonchev–Trinajstić information content (AvgIpc) is 3.17. The number of carbonyl (C=O) groups is 1. The van der Waals surface area contributed by atoms with E-state index < -0.39 is 0 Å². The van der Waals surface area contributed by atoms with E-state index in [0.717, 1.165) is 42.7 Å². The molecule has 1 N–H and O–H groups in total. The summed E-state index contributed by atoms with van der Waals surface area (Å²) in [5.41, 5.74) is 3.37. The van der Waals surface area contributed by atoms with Crippen LogP contribution in [0.15, 0.2) is 48.5 Å². The summed E-state index contributed by atoms with van der Waals surface area (Å²) in [4.78, 5) is 21.6. The van der Waals surface area contributed by atoms with Crippen molar-refractivity contribution in [3.63, 3.8) is 0 Å². The Bertz CT molecular complexity index is 933. The zero-order valence-corrected chi connectivity index (χ0v) is 17.9. The number of carbonyl (C=O) groups excluding carboxylic acids is 1.